The number of nitrogens with zero attached hydrogens (tertiary/aromatic N) is 3. The maximum absolute atomic E-state index is 13.4. The number of Topliss-reactive ketones (excluding diaryl/α,β-unsaturated/α-hetero) is 1. The van der Waals surface area contributed by atoms with Gasteiger partial charge in [-0.25, -0.2) is 9.37 Å². The van der Waals surface area contributed by atoms with Gasteiger partial charge in [-0.2, -0.15) is 0 Å². The van der Waals surface area contributed by atoms with E-state index in [0.29, 0.717) is 37.4 Å². The van der Waals surface area contributed by atoms with Crippen LogP contribution in [0.4, 0.5) is 4.39 Å². The molecule has 4 rings (SSSR count). The van der Waals surface area contributed by atoms with E-state index in [1.807, 2.05) is 10.8 Å². The molecule has 1 N–H and O–H groups in total. The number of carbonyl (C=O) groups excluding carboxylic acids is 2. The number of aromatic nitrogens is 2. The van der Waals surface area contributed by atoms with Gasteiger partial charge in [0.2, 0.25) is 0 Å². The molecule has 1 aromatic heterocycles. The number of amides is 1. The van der Waals surface area contributed by atoms with Crippen molar-refractivity contribution in [3.63, 3.8) is 0 Å². The van der Waals surface area contributed by atoms with Gasteiger partial charge in [0, 0.05) is 31.0 Å². The summed E-state index contributed by atoms with van der Waals surface area (Å²) in [6, 6.07) is 11.3. The van der Waals surface area contributed by atoms with Crippen molar-refractivity contribution in [2.45, 2.75) is 19.0 Å². The van der Waals surface area contributed by atoms with Crippen LogP contribution in [0.5, 0.6) is 5.75 Å². The van der Waals surface area contributed by atoms with Gasteiger partial charge >= 0.3 is 0 Å². The molecular weight excluding hydrogens is 437 g/mol. The number of hydrogen-bond donors (Lipinski definition) is 1. The number of aryl methyl sites for hydroxylation is 1. The van der Waals surface area contributed by atoms with E-state index >= 15 is 0 Å². The van der Waals surface area contributed by atoms with Gasteiger partial charge < -0.3 is 19.3 Å². The SMILES string of the molecule is C=CCOc1ccc(C2/C(=C(/O)c3ccc(F)cc3)C(=O)C(=O)N2CCCn2ccnc2)cc1. The molecular formula is C26H24FN3O4. The molecule has 1 unspecified atom stereocenters. The minimum atomic E-state index is -0.790. The number of aliphatic hydroxyl groups excluding tert-OH is 1. The Hall–Kier alpha value is -4.20. The Labute approximate surface area is 196 Å². The van der Waals surface area contributed by atoms with Gasteiger partial charge in [0.05, 0.1) is 17.9 Å². The van der Waals surface area contributed by atoms with E-state index in [1.54, 1.807) is 42.9 Å². The Balaban J connectivity index is 1.70. The van der Waals surface area contributed by atoms with Crippen LogP contribution in [0.3, 0.4) is 0 Å². The normalized spacial score (nSPS) is 17.2. The third-order valence-electron chi connectivity index (χ3n) is 5.60. The molecule has 0 radical (unpaired) electrons. The molecule has 1 amide bonds. The van der Waals surface area contributed by atoms with Gasteiger partial charge in [-0.15, -0.1) is 0 Å². The summed E-state index contributed by atoms with van der Waals surface area (Å²) in [5.74, 6) is -1.66. The summed E-state index contributed by atoms with van der Waals surface area (Å²) in [4.78, 5) is 31.5. The number of likely N-dealkylation sites (tertiary alicyclic amines) is 1. The molecule has 34 heavy (non-hydrogen) atoms. The Bertz CT molecular complexity index is 1200. The zero-order valence-electron chi connectivity index (χ0n) is 18.4. The predicted molar refractivity (Wildman–Crippen MR) is 124 cm³/mol. The lowest BCUT2D eigenvalue weighted by atomic mass is 9.95. The van der Waals surface area contributed by atoms with Crippen LogP contribution in [0.25, 0.3) is 5.76 Å². The molecule has 2 aromatic carbocycles. The monoisotopic (exact) mass is 461 g/mol. The van der Waals surface area contributed by atoms with Crippen molar-refractivity contribution in [1.82, 2.24) is 14.5 Å². The first-order valence-corrected chi connectivity index (χ1v) is 10.8. The molecule has 1 atom stereocenters. The van der Waals surface area contributed by atoms with Crippen LogP contribution in [-0.4, -0.2) is 44.4 Å². The number of rotatable bonds is 9. The molecule has 0 spiro atoms. The number of ether oxygens (including phenoxy) is 1. The number of carbonyl (C=O) groups is 2. The summed E-state index contributed by atoms with van der Waals surface area (Å²) in [5.41, 5.74) is 0.879. The first kappa shape index (κ1) is 23.0. The standard InChI is InChI=1S/C26H24FN3O4/c1-2-16-34-21-10-6-18(7-11-21)23-22(24(31)19-4-8-20(27)9-5-19)25(32)26(33)30(23)14-3-13-29-15-12-28-17-29/h2,4-12,15,17,23,31H,1,3,13-14,16H2/b24-22-. The maximum atomic E-state index is 13.4. The highest BCUT2D eigenvalue weighted by molar-refractivity contribution is 6.46. The Morgan fingerprint density at radius 2 is 1.85 bits per heavy atom. The highest BCUT2D eigenvalue weighted by atomic mass is 19.1. The number of benzene rings is 2. The summed E-state index contributed by atoms with van der Waals surface area (Å²) in [6.07, 6.45) is 7.39. The third-order valence-corrected chi connectivity index (χ3v) is 5.60. The molecule has 1 aliphatic heterocycles. The zero-order valence-corrected chi connectivity index (χ0v) is 18.4. The Kier molecular flexibility index (Phi) is 6.87. The number of halogens is 1. The lowest BCUT2D eigenvalue weighted by Gasteiger charge is -2.25. The molecule has 8 heteroatoms. The largest absolute Gasteiger partial charge is 0.507 e. The van der Waals surface area contributed by atoms with E-state index in [9.17, 15) is 19.1 Å². The fraction of sp³-hybridized carbons (Fsp3) is 0.192. The van der Waals surface area contributed by atoms with Gasteiger partial charge in [0.1, 0.15) is 23.9 Å². The van der Waals surface area contributed by atoms with E-state index in [-0.39, 0.29) is 16.9 Å². The second-order valence-electron chi connectivity index (χ2n) is 7.82. The second kappa shape index (κ2) is 10.2. The van der Waals surface area contributed by atoms with Crippen molar-refractivity contribution in [2.75, 3.05) is 13.2 Å². The average molecular weight is 461 g/mol. The van der Waals surface area contributed by atoms with Gasteiger partial charge in [-0.3, -0.25) is 9.59 Å². The summed E-state index contributed by atoms with van der Waals surface area (Å²) in [5, 5.41) is 11.0. The molecule has 0 saturated carbocycles. The van der Waals surface area contributed by atoms with E-state index in [1.165, 1.54) is 29.2 Å². The van der Waals surface area contributed by atoms with Crippen LogP contribution in [-0.2, 0) is 16.1 Å². The van der Waals surface area contributed by atoms with Crippen LogP contribution < -0.4 is 4.74 Å². The highest BCUT2D eigenvalue weighted by Gasteiger charge is 2.45. The molecule has 0 bridgehead atoms. The fourth-order valence-electron chi connectivity index (χ4n) is 3.96. The zero-order chi connectivity index (χ0) is 24.1. The predicted octanol–water partition coefficient (Wildman–Crippen LogP) is 4.10. The van der Waals surface area contributed by atoms with E-state index < -0.39 is 23.5 Å². The number of imidazole rings is 1. The Morgan fingerprint density at radius 1 is 1.12 bits per heavy atom. The minimum absolute atomic E-state index is 0.0287. The highest BCUT2D eigenvalue weighted by Crippen LogP contribution is 2.40. The van der Waals surface area contributed by atoms with Crippen LogP contribution in [0.1, 0.15) is 23.6 Å². The number of aliphatic hydroxyl groups is 1. The van der Waals surface area contributed by atoms with Crippen molar-refractivity contribution < 1.29 is 23.8 Å². The maximum Gasteiger partial charge on any atom is 0.295 e. The van der Waals surface area contributed by atoms with E-state index in [4.69, 9.17) is 4.74 Å². The molecule has 1 saturated heterocycles. The molecule has 1 fully saturated rings. The van der Waals surface area contributed by atoms with Crippen molar-refractivity contribution >= 4 is 17.4 Å². The fourth-order valence-corrected chi connectivity index (χ4v) is 3.96. The first-order chi connectivity index (χ1) is 16.5. The summed E-state index contributed by atoms with van der Waals surface area (Å²) >= 11 is 0. The summed E-state index contributed by atoms with van der Waals surface area (Å²) in [7, 11) is 0. The first-order valence-electron chi connectivity index (χ1n) is 10.8. The third kappa shape index (κ3) is 4.76. The van der Waals surface area contributed by atoms with Crippen molar-refractivity contribution in [1.29, 1.82) is 0 Å². The molecule has 7 nitrogen and oxygen atoms in total. The van der Waals surface area contributed by atoms with Crippen molar-refractivity contribution in [3.05, 3.63) is 102 Å². The van der Waals surface area contributed by atoms with E-state index in [2.05, 4.69) is 11.6 Å². The average Bonchev–Trinajstić information content (AvgIpc) is 3.45. The Morgan fingerprint density at radius 3 is 2.50 bits per heavy atom. The van der Waals surface area contributed by atoms with Gasteiger partial charge in [-0.1, -0.05) is 24.8 Å². The van der Waals surface area contributed by atoms with Crippen LogP contribution in [0.2, 0.25) is 0 Å². The van der Waals surface area contributed by atoms with Crippen LogP contribution in [0.15, 0.2) is 85.5 Å². The lowest BCUT2D eigenvalue weighted by molar-refractivity contribution is -0.139. The number of ketones is 1. The van der Waals surface area contributed by atoms with Crippen molar-refractivity contribution in [3.8, 4) is 5.75 Å². The van der Waals surface area contributed by atoms with Gasteiger partial charge in [0.25, 0.3) is 11.7 Å². The van der Waals surface area contributed by atoms with Crippen LogP contribution in [0, 0.1) is 5.82 Å². The van der Waals surface area contributed by atoms with Crippen molar-refractivity contribution in [2.24, 2.45) is 0 Å². The minimum Gasteiger partial charge on any atom is -0.507 e. The smallest absolute Gasteiger partial charge is 0.295 e. The lowest BCUT2D eigenvalue weighted by Crippen LogP contribution is -2.31. The molecule has 0 aliphatic carbocycles. The quantitative estimate of drug-likeness (QED) is 0.225. The summed E-state index contributed by atoms with van der Waals surface area (Å²) in [6.45, 7) is 4.87. The molecule has 1 aliphatic rings. The molecule has 2 heterocycles. The molecule has 174 valence electrons. The topological polar surface area (TPSA) is 84.7 Å². The van der Waals surface area contributed by atoms with Crippen LogP contribution >= 0.6 is 0 Å². The van der Waals surface area contributed by atoms with Gasteiger partial charge in [0.15, 0.2) is 0 Å². The van der Waals surface area contributed by atoms with Gasteiger partial charge in [-0.05, 0) is 48.4 Å². The second-order valence-corrected chi connectivity index (χ2v) is 7.82. The summed E-state index contributed by atoms with van der Waals surface area (Å²) < 4.78 is 20.8. The van der Waals surface area contributed by atoms with E-state index in [0.717, 1.165) is 0 Å². The number of hydrogen-bond acceptors (Lipinski definition) is 5. The molecule has 3 aromatic rings.